The summed E-state index contributed by atoms with van der Waals surface area (Å²) in [5, 5.41) is 2.57. The van der Waals surface area contributed by atoms with Gasteiger partial charge in [0.25, 0.3) is 0 Å². The quantitative estimate of drug-likeness (QED) is 0.606. The van der Waals surface area contributed by atoms with Crippen LogP contribution in [0.15, 0.2) is 48.5 Å². The lowest BCUT2D eigenvalue weighted by Gasteiger charge is -2.06. The van der Waals surface area contributed by atoms with Crippen molar-refractivity contribution in [2.45, 2.75) is 51.9 Å². The molecule has 0 bridgehead atoms. The molecule has 0 fully saturated rings. The molecule has 0 saturated heterocycles. The Hall–Kier alpha value is -2.29. The van der Waals surface area contributed by atoms with Gasteiger partial charge in [-0.1, -0.05) is 69.0 Å². The van der Waals surface area contributed by atoms with Gasteiger partial charge in [-0.25, -0.2) is 4.79 Å². The maximum absolute atomic E-state index is 10.8. The number of urea groups is 1. The van der Waals surface area contributed by atoms with Gasteiger partial charge in [0.2, 0.25) is 0 Å². The molecule has 24 heavy (non-hydrogen) atoms. The lowest BCUT2D eigenvalue weighted by Crippen LogP contribution is -2.19. The molecule has 2 aromatic carbocycles. The molecule has 0 spiro atoms. The molecule has 0 saturated carbocycles. The van der Waals surface area contributed by atoms with Crippen LogP contribution in [-0.2, 0) is 12.8 Å². The van der Waals surface area contributed by atoms with Crippen molar-refractivity contribution >= 4 is 11.7 Å². The van der Waals surface area contributed by atoms with E-state index in [1.165, 1.54) is 55.2 Å². The average molecular weight is 324 g/mol. The van der Waals surface area contributed by atoms with Crippen molar-refractivity contribution in [3.8, 4) is 0 Å². The molecule has 128 valence electrons. The van der Waals surface area contributed by atoms with Crippen molar-refractivity contribution in [1.82, 2.24) is 0 Å². The Balaban J connectivity index is 1.81. The van der Waals surface area contributed by atoms with Crippen molar-refractivity contribution in [3.63, 3.8) is 0 Å². The first kappa shape index (κ1) is 18.1. The lowest BCUT2D eigenvalue weighted by molar-refractivity contribution is 0.259. The maximum atomic E-state index is 10.8. The number of primary amides is 1. The number of benzene rings is 2. The first-order valence-corrected chi connectivity index (χ1v) is 8.90. The second kappa shape index (κ2) is 9.76. The second-order valence-corrected chi connectivity index (χ2v) is 6.34. The molecule has 0 aliphatic heterocycles. The van der Waals surface area contributed by atoms with Gasteiger partial charge < -0.3 is 11.1 Å². The van der Waals surface area contributed by atoms with E-state index in [0.717, 1.165) is 12.1 Å². The number of hydrogen-bond acceptors (Lipinski definition) is 1. The number of nitrogens with one attached hydrogen (secondary N) is 1. The third-order valence-corrected chi connectivity index (χ3v) is 4.22. The molecular formula is C21H28N2O. The molecule has 0 unspecified atom stereocenters. The van der Waals surface area contributed by atoms with E-state index >= 15 is 0 Å². The molecule has 0 aliphatic rings. The summed E-state index contributed by atoms with van der Waals surface area (Å²) in [5.74, 6) is 0. The zero-order valence-electron chi connectivity index (χ0n) is 14.6. The van der Waals surface area contributed by atoms with E-state index in [2.05, 4.69) is 36.5 Å². The summed E-state index contributed by atoms with van der Waals surface area (Å²) in [7, 11) is 0. The smallest absolute Gasteiger partial charge is 0.316 e. The Labute approximate surface area is 145 Å². The summed E-state index contributed by atoms with van der Waals surface area (Å²) in [6.07, 6.45) is 8.70. The molecule has 2 rings (SSSR count). The Morgan fingerprint density at radius 3 is 1.96 bits per heavy atom. The molecule has 0 aromatic heterocycles. The fourth-order valence-corrected chi connectivity index (χ4v) is 2.84. The van der Waals surface area contributed by atoms with Crippen LogP contribution in [0.2, 0.25) is 0 Å². The summed E-state index contributed by atoms with van der Waals surface area (Å²) in [4.78, 5) is 10.8. The average Bonchev–Trinajstić information content (AvgIpc) is 2.57. The van der Waals surface area contributed by atoms with Crippen LogP contribution in [0.1, 0.15) is 55.7 Å². The van der Waals surface area contributed by atoms with Crippen molar-refractivity contribution < 1.29 is 4.79 Å². The van der Waals surface area contributed by atoms with E-state index in [1.807, 2.05) is 24.3 Å². The number of carbonyl (C=O) groups is 1. The fourth-order valence-electron chi connectivity index (χ4n) is 2.84. The number of anilines is 1. The minimum absolute atomic E-state index is 0.534. The second-order valence-electron chi connectivity index (χ2n) is 6.34. The zero-order valence-corrected chi connectivity index (χ0v) is 14.6. The molecule has 0 heterocycles. The molecular weight excluding hydrogens is 296 g/mol. The summed E-state index contributed by atoms with van der Waals surface area (Å²) < 4.78 is 0. The van der Waals surface area contributed by atoms with Gasteiger partial charge in [0.1, 0.15) is 0 Å². The van der Waals surface area contributed by atoms with E-state index in [1.54, 1.807) is 0 Å². The third kappa shape index (κ3) is 6.45. The van der Waals surface area contributed by atoms with Gasteiger partial charge in [-0.05, 0) is 48.1 Å². The number of carbonyl (C=O) groups excluding carboxylic acids is 1. The molecule has 0 radical (unpaired) electrons. The lowest BCUT2D eigenvalue weighted by atomic mass is 10.0. The number of nitrogens with two attached hydrogens (primary N) is 1. The van der Waals surface area contributed by atoms with Gasteiger partial charge in [0.05, 0.1) is 0 Å². The van der Waals surface area contributed by atoms with Gasteiger partial charge in [0, 0.05) is 5.69 Å². The summed E-state index contributed by atoms with van der Waals surface area (Å²) in [5.41, 5.74) is 9.79. The van der Waals surface area contributed by atoms with Gasteiger partial charge in [-0.2, -0.15) is 0 Å². The zero-order chi connectivity index (χ0) is 17.2. The first-order valence-electron chi connectivity index (χ1n) is 8.90. The van der Waals surface area contributed by atoms with E-state index in [4.69, 9.17) is 5.73 Å². The topological polar surface area (TPSA) is 55.1 Å². The molecule has 2 aromatic rings. The molecule has 0 aliphatic carbocycles. The largest absolute Gasteiger partial charge is 0.351 e. The molecule has 3 heteroatoms. The highest BCUT2D eigenvalue weighted by Gasteiger charge is 2.00. The van der Waals surface area contributed by atoms with E-state index in [-0.39, 0.29) is 0 Å². The van der Waals surface area contributed by atoms with E-state index in [0.29, 0.717) is 0 Å². The van der Waals surface area contributed by atoms with E-state index < -0.39 is 6.03 Å². The van der Waals surface area contributed by atoms with Crippen molar-refractivity contribution in [3.05, 3.63) is 65.2 Å². The highest BCUT2D eigenvalue weighted by atomic mass is 16.2. The summed E-state index contributed by atoms with van der Waals surface area (Å²) >= 11 is 0. The Kier molecular flexibility index (Phi) is 7.34. The number of amides is 2. The molecule has 3 nitrogen and oxygen atoms in total. The number of hydrogen-bond donors (Lipinski definition) is 2. The van der Waals surface area contributed by atoms with Crippen LogP contribution >= 0.6 is 0 Å². The first-order chi connectivity index (χ1) is 11.7. The standard InChI is InChI=1S/C21H28N2O/c1-2-3-4-5-6-7-17-8-10-18(11-9-17)16-19-12-14-20(15-13-19)23-21(22)24/h8-15H,2-7,16H2,1H3,(H3,22,23,24). The van der Waals surface area contributed by atoms with Gasteiger partial charge in [-0.15, -0.1) is 0 Å². The van der Waals surface area contributed by atoms with Crippen molar-refractivity contribution in [1.29, 1.82) is 0 Å². The minimum atomic E-state index is -0.534. The van der Waals surface area contributed by atoms with Crippen LogP contribution in [-0.4, -0.2) is 6.03 Å². The van der Waals surface area contributed by atoms with Gasteiger partial charge in [-0.3, -0.25) is 0 Å². The van der Waals surface area contributed by atoms with Crippen molar-refractivity contribution in [2.75, 3.05) is 5.32 Å². The van der Waals surface area contributed by atoms with Crippen LogP contribution in [0.3, 0.4) is 0 Å². The summed E-state index contributed by atoms with van der Waals surface area (Å²) in [6.45, 7) is 2.25. The highest BCUT2D eigenvalue weighted by molar-refractivity contribution is 5.87. The van der Waals surface area contributed by atoms with Crippen LogP contribution in [0.5, 0.6) is 0 Å². The summed E-state index contributed by atoms with van der Waals surface area (Å²) in [6, 6.07) is 16.2. The van der Waals surface area contributed by atoms with Crippen molar-refractivity contribution in [2.24, 2.45) is 5.73 Å². The Bertz CT molecular complexity index is 617. The van der Waals surface area contributed by atoms with Gasteiger partial charge in [0.15, 0.2) is 0 Å². The number of unbranched alkanes of at least 4 members (excludes halogenated alkanes) is 4. The minimum Gasteiger partial charge on any atom is -0.351 e. The Morgan fingerprint density at radius 2 is 1.38 bits per heavy atom. The van der Waals surface area contributed by atoms with E-state index in [9.17, 15) is 4.79 Å². The molecule has 3 N–H and O–H groups in total. The monoisotopic (exact) mass is 324 g/mol. The third-order valence-electron chi connectivity index (χ3n) is 4.22. The predicted octanol–water partition coefficient (Wildman–Crippen LogP) is 5.28. The SMILES string of the molecule is CCCCCCCc1ccc(Cc2ccc(NC(N)=O)cc2)cc1. The van der Waals surface area contributed by atoms with Gasteiger partial charge >= 0.3 is 6.03 Å². The highest BCUT2D eigenvalue weighted by Crippen LogP contribution is 2.15. The fraction of sp³-hybridized carbons (Fsp3) is 0.381. The normalized spacial score (nSPS) is 10.5. The van der Waals surface area contributed by atoms with Crippen LogP contribution in [0, 0.1) is 0 Å². The molecule has 0 atom stereocenters. The Morgan fingerprint density at radius 1 is 0.833 bits per heavy atom. The van der Waals surface area contributed by atoms with Crippen LogP contribution in [0.25, 0.3) is 0 Å². The number of rotatable bonds is 9. The van der Waals surface area contributed by atoms with Crippen LogP contribution in [0.4, 0.5) is 10.5 Å². The maximum Gasteiger partial charge on any atom is 0.316 e. The number of aryl methyl sites for hydroxylation is 1. The predicted molar refractivity (Wildman–Crippen MR) is 101 cm³/mol. The van der Waals surface area contributed by atoms with Crippen LogP contribution < -0.4 is 11.1 Å². The molecule has 2 amide bonds.